The van der Waals surface area contributed by atoms with Gasteiger partial charge in [0.2, 0.25) is 0 Å². The number of benzene rings is 2. The molecule has 0 aliphatic heterocycles. The molecular formula is C20H25NO3. The molecular weight excluding hydrogens is 302 g/mol. The fourth-order valence-electron chi connectivity index (χ4n) is 2.32. The first-order valence-corrected chi connectivity index (χ1v) is 8.48. The summed E-state index contributed by atoms with van der Waals surface area (Å²) in [7, 11) is 0. The van der Waals surface area contributed by atoms with Crippen LogP contribution in [-0.2, 0) is 13.0 Å². The van der Waals surface area contributed by atoms with Crippen molar-refractivity contribution in [1.82, 2.24) is 5.32 Å². The van der Waals surface area contributed by atoms with Gasteiger partial charge in [0.15, 0.2) is 11.5 Å². The van der Waals surface area contributed by atoms with Gasteiger partial charge >= 0.3 is 6.09 Å². The van der Waals surface area contributed by atoms with Crippen molar-refractivity contribution in [1.29, 1.82) is 0 Å². The molecule has 2 aromatic carbocycles. The molecule has 4 heteroatoms. The maximum atomic E-state index is 12.0. The fourth-order valence-corrected chi connectivity index (χ4v) is 2.32. The molecule has 1 N–H and O–H groups in total. The number of amides is 1. The van der Waals surface area contributed by atoms with Crippen molar-refractivity contribution in [3.05, 3.63) is 59.7 Å². The number of aryl methyl sites for hydroxylation is 1. The Hall–Kier alpha value is -2.49. The van der Waals surface area contributed by atoms with E-state index in [9.17, 15) is 4.79 Å². The molecule has 24 heavy (non-hydrogen) atoms. The zero-order chi connectivity index (χ0) is 17.2. The number of ether oxygens (including phenoxy) is 2. The smallest absolute Gasteiger partial charge is 0.413 e. The van der Waals surface area contributed by atoms with Crippen LogP contribution in [0.1, 0.15) is 37.8 Å². The highest BCUT2D eigenvalue weighted by Crippen LogP contribution is 2.26. The summed E-state index contributed by atoms with van der Waals surface area (Å²) in [5.74, 6) is 0.988. The van der Waals surface area contributed by atoms with E-state index in [1.165, 1.54) is 18.4 Å². The number of unbranched alkanes of at least 4 members (excludes halogenated alkanes) is 1. The van der Waals surface area contributed by atoms with Crippen molar-refractivity contribution in [3.8, 4) is 11.5 Å². The van der Waals surface area contributed by atoms with Gasteiger partial charge in [-0.15, -0.1) is 0 Å². The van der Waals surface area contributed by atoms with Crippen molar-refractivity contribution in [2.75, 3.05) is 6.61 Å². The number of carbonyl (C=O) groups excluding carboxylic acids is 1. The van der Waals surface area contributed by atoms with E-state index in [1.54, 1.807) is 18.2 Å². The SMILES string of the molecule is CCCCc1ccc(CNC(=O)Oc2ccccc2OCC)cc1. The summed E-state index contributed by atoms with van der Waals surface area (Å²) in [5.41, 5.74) is 2.37. The Morgan fingerprint density at radius 3 is 2.29 bits per heavy atom. The van der Waals surface area contributed by atoms with Gasteiger partial charge < -0.3 is 14.8 Å². The Kier molecular flexibility index (Phi) is 7.15. The predicted octanol–water partition coefficient (Wildman–Crippen LogP) is 4.72. The van der Waals surface area contributed by atoms with Crippen LogP contribution in [0, 0.1) is 0 Å². The minimum atomic E-state index is -0.489. The van der Waals surface area contributed by atoms with Crippen molar-refractivity contribution in [2.45, 2.75) is 39.7 Å². The second-order valence-electron chi connectivity index (χ2n) is 5.54. The van der Waals surface area contributed by atoms with Crippen LogP contribution in [0.2, 0.25) is 0 Å². The van der Waals surface area contributed by atoms with Crippen LogP contribution in [-0.4, -0.2) is 12.7 Å². The van der Waals surface area contributed by atoms with Gasteiger partial charge in [-0.1, -0.05) is 49.7 Å². The Bertz CT molecular complexity index is 638. The summed E-state index contributed by atoms with van der Waals surface area (Å²) in [6.07, 6.45) is 3.00. The Morgan fingerprint density at radius 2 is 1.62 bits per heavy atom. The van der Waals surface area contributed by atoms with E-state index in [1.807, 2.05) is 25.1 Å². The van der Waals surface area contributed by atoms with Crippen LogP contribution in [0.5, 0.6) is 11.5 Å². The van der Waals surface area contributed by atoms with Crippen molar-refractivity contribution >= 4 is 6.09 Å². The Balaban J connectivity index is 1.85. The third kappa shape index (κ3) is 5.61. The van der Waals surface area contributed by atoms with Gasteiger partial charge in [0.25, 0.3) is 0 Å². The highest BCUT2D eigenvalue weighted by Gasteiger charge is 2.09. The molecule has 0 aliphatic carbocycles. The second-order valence-corrected chi connectivity index (χ2v) is 5.54. The van der Waals surface area contributed by atoms with Gasteiger partial charge in [-0.05, 0) is 43.0 Å². The molecule has 0 heterocycles. The average molecular weight is 327 g/mol. The van der Waals surface area contributed by atoms with E-state index in [0.717, 1.165) is 12.0 Å². The van der Waals surface area contributed by atoms with E-state index >= 15 is 0 Å². The van der Waals surface area contributed by atoms with Crippen LogP contribution in [0.25, 0.3) is 0 Å². The topological polar surface area (TPSA) is 47.6 Å². The summed E-state index contributed by atoms with van der Waals surface area (Å²) in [6, 6.07) is 15.5. The lowest BCUT2D eigenvalue weighted by molar-refractivity contribution is 0.197. The first-order chi connectivity index (χ1) is 11.7. The van der Waals surface area contributed by atoms with E-state index in [-0.39, 0.29) is 0 Å². The van der Waals surface area contributed by atoms with Crippen LogP contribution in [0.15, 0.2) is 48.5 Å². The van der Waals surface area contributed by atoms with Gasteiger partial charge in [0.1, 0.15) is 0 Å². The number of hydrogen-bond acceptors (Lipinski definition) is 3. The summed E-state index contributed by atoms with van der Waals surface area (Å²) < 4.78 is 10.8. The zero-order valence-corrected chi connectivity index (χ0v) is 14.4. The molecule has 0 unspecified atom stereocenters. The third-order valence-corrected chi connectivity index (χ3v) is 3.63. The number of para-hydroxylation sites is 2. The number of nitrogens with one attached hydrogen (secondary N) is 1. The van der Waals surface area contributed by atoms with Crippen LogP contribution in [0.4, 0.5) is 4.79 Å². The molecule has 4 nitrogen and oxygen atoms in total. The van der Waals surface area contributed by atoms with Gasteiger partial charge in [-0.3, -0.25) is 0 Å². The minimum Gasteiger partial charge on any atom is -0.490 e. The van der Waals surface area contributed by atoms with Crippen LogP contribution >= 0.6 is 0 Å². The Morgan fingerprint density at radius 1 is 0.958 bits per heavy atom. The largest absolute Gasteiger partial charge is 0.490 e. The third-order valence-electron chi connectivity index (χ3n) is 3.63. The molecule has 1 amide bonds. The van der Waals surface area contributed by atoms with Gasteiger partial charge in [-0.25, -0.2) is 4.79 Å². The number of carbonyl (C=O) groups is 1. The van der Waals surface area contributed by atoms with Gasteiger partial charge in [-0.2, -0.15) is 0 Å². The van der Waals surface area contributed by atoms with Crippen molar-refractivity contribution in [3.63, 3.8) is 0 Å². The summed E-state index contributed by atoms with van der Waals surface area (Å²) in [4.78, 5) is 12.0. The van der Waals surface area contributed by atoms with E-state index < -0.39 is 6.09 Å². The Labute approximate surface area is 143 Å². The van der Waals surface area contributed by atoms with Crippen molar-refractivity contribution in [2.24, 2.45) is 0 Å². The van der Waals surface area contributed by atoms with Gasteiger partial charge in [0.05, 0.1) is 6.61 Å². The lowest BCUT2D eigenvalue weighted by atomic mass is 10.1. The average Bonchev–Trinajstić information content (AvgIpc) is 2.61. The summed E-state index contributed by atoms with van der Waals surface area (Å²) in [6.45, 7) is 5.03. The quantitative estimate of drug-likeness (QED) is 0.763. The van der Waals surface area contributed by atoms with Crippen LogP contribution in [0.3, 0.4) is 0 Å². The highest BCUT2D eigenvalue weighted by atomic mass is 16.6. The van der Waals surface area contributed by atoms with Crippen molar-refractivity contribution < 1.29 is 14.3 Å². The normalized spacial score (nSPS) is 10.2. The van der Waals surface area contributed by atoms with Gasteiger partial charge in [0, 0.05) is 6.54 Å². The molecule has 2 rings (SSSR count). The fraction of sp³-hybridized carbons (Fsp3) is 0.350. The second kappa shape index (κ2) is 9.60. The maximum Gasteiger partial charge on any atom is 0.413 e. The molecule has 2 aromatic rings. The standard InChI is InChI=1S/C20H25NO3/c1-3-5-8-16-11-13-17(14-12-16)15-21-20(22)24-19-10-7-6-9-18(19)23-4-2/h6-7,9-14H,3-5,8,15H2,1-2H3,(H,21,22). The zero-order valence-electron chi connectivity index (χ0n) is 14.4. The van der Waals surface area contributed by atoms with E-state index in [4.69, 9.17) is 9.47 Å². The lowest BCUT2D eigenvalue weighted by Crippen LogP contribution is -2.26. The summed E-state index contributed by atoms with van der Waals surface area (Å²) in [5, 5.41) is 2.76. The molecule has 0 fully saturated rings. The predicted molar refractivity (Wildman–Crippen MR) is 95.5 cm³/mol. The van der Waals surface area contributed by atoms with Crippen LogP contribution < -0.4 is 14.8 Å². The molecule has 0 radical (unpaired) electrons. The molecule has 0 saturated heterocycles. The molecule has 0 atom stereocenters. The highest BCUT2D eigenvalue weighted by molar-refractivity contribution is 5.71. The maximum absolute atomic E-state index is 12.0. The van der Waals surface area contributed by atoms with E-state index in [2.05, 4.69) is 24.4 Å². The minimum absolute atomic E-state index is 0.423. The molecule has 128 valence electrons. The number of rotatable bonds is 8. The summed E-state index contributed by atoms with van der Waals surface area (Å²) >= 11 is 0. The molecule has 0 aliphatic rings. The molecule has 0 spiro atoms. The lowest BCUT2D eigenvalue weighted by Gasteiger charge is -2.11. The monoisotopic (exact) mass is 327 g/mol. The molecule has 0 bridgehead atoms. The first-order valence-electron chi connectivity index (χ1n) is 8.48. The molecule has 0 aromatic heterocycles. The molecule has 0 saturated carbocycles. The van der Waals surface area contributed by atoms with E-state index in [0.29, 0.717) is 24.7 Å². The first kappa shape index (κ1) is 17.9. The number of hydrogen-bond donors (Lipinski definition) is 1.